The number of nitrogens with zero attached hydrogens (tertiary/aromatic N) is 3. The Balaban J connectivity index is 1.88. The fourth-order valence-electron chi connectivity index (χ4n) is 3.44. The first-order valence-corrected chi connectivity index (χ1v) is 9.39. The highest BCUT2D eigenvalue weighted by atomic mass is 35.5. The number of rotatable bonds is 2. The number of anilines is 1. The van der Waals surface area contributed by atoms with Crippen LogP contribution in [-0.2, 0) is 4.74 Å². The van der Waals surface area contributed by atoms with Gasteiger partial charge in [0.25, 0.3) is 0 Å². The molecular weight excluding hydrogens is 369 g/mol. The zero-order valence-electron chi connectivity index (χ0n) is 14.6. The van der Waals surface area contributed by atoms with E-state index < -0.39 is 0 Å². The normalized spacial score (nSPS) is 20.5. The fourth-order valence-corrected chi connectivity index (χ4v) is 3.94. The van der Waals surface area contributed by atoms with Gasteiger partial charge in [-0.3, -0.25) is 0 Å². The number of morpholine rings is 1. The first-order valence-electron chi connectivity index (χ1n) is 8.64. The molecule has 6 heteroatoms. The van der Waals surface area contributed by atoms with Crippen LogP contribution >= 0.6 is 23.2 Å². The third-order valence-corrected chi connectivity index (χ3v) is 5.02. The molecule has 2 heterocycles. The van der Waals surface area contributed by atoms with Gasteiger partial charge in [-0.2, -0.15) is 0 Å². The fraction of sp³-hybridized carbons (Fsp3) is 0.300. The van der Waals surface area contributed by atoms with Gasteiger partial charge in [0.05, 0.1) is 22.7 Å². The zero-order chi connectivity index (χ0) is 18.3. The third-order valence-electron chi connectivity index (χ3n) is 4.47. The molecule has 4 nitrogen and oxygen atoms in total. The van der Waals surface area contributed by atoms with Crippen molar-refractivity contribution in [2.45, 2.75) is 26.1 Å². The molecule has 1 saturated heterocycles. The van der Waals surface area contributed by atoms with Crippen LogP contribution in [0.5, 0.6) is 0 Å². The molecule has 0 bridgehead atoms. The van der Waals surface area contributed by atoms with Gasteiger partial charge in [-0.1, -0.05) is 35.3 Å². The van der Waals surface area contributed by atoms with E-state index in [4.69, 9.17) is 37.9 Å². The van der Waals surface area contributed by atoms with Crippen molar-refractivity contribution in [2.75, 3.05) is 18.0 Å². The van der Waals surface area contributed by atoms with Gasteiger partial charge in [-0.05, 0) is 44.2 Å². The van der Waals surface area contributed by atoms with Crippen molar-refractivity contribution >= 4 is 39.9 Å². The van der Waals surface area contributed by atoms with E-state index in [-0.39, 0.29) is 12.2 Å². The average molecular weight is 388 g/mol. The van der Waals surface area contributed by atoms with E-state index in [9.17, 15) is 0 Å². The lowest BCUT2D eigenvalue weighted by atomic mass is 10.1. The lowest BCUT2D eigenvalue weighted by Gasteiger charge is -2.36. The summed E-state index contributed by atoms with van der Waals surface area (Å²) in [5, 5.41) is 2.17. The molecule has 0 aliphatic carbocycles. The molecular formula is C20H19Cl2N3O. The largest absolute Gasteiger partial charge is 0.372 e. The van der Waals surface area contributed by atoms with Gasteiger partial charge in [-0.15, -0.1) is 0 Å². The number of hydrogen-bond acceptors (Lipinski definition) is 4. The highest BCUT2D eigenvalue weighted by Gasteiger charge is 2.25. The summed E-state index contributed by atoms with van der Waals surface area (Å²) in [5.74, 6) is 1.52. The number of fused-ring (bicyclic) bond motifs is 1. The Morgan fingerprint density at radius 3 is 2.46 bits per heavy atom. The minimum absolute atomic E-state index is 0.148. The first-order chi connectivity index (χ1) is 12.5. The summed E-state index contributed by atoms with van der Waals surface area (Å²) >= 11 is 12.4. The lowest BCUT2D eigenvalue weighted by Crippen LogP contribution is -2.46. The van der Waals surface area contributed by atoms with Gasteiger partial charge in [-0.25, -0.2) is 9.97 Å². The highest BCUT2D eigenvalue weighted by Crippen LogP contribution is 2.33. The van der Waals surface area contributed by atoms with Crippen LogP contribution in [0.15, 0.2) is 42.5 Å². The lowest BCUT2D eigenvalue weighted by molar-refractivity contribution is -0.00536. The Bertz CT molecular complexity index is 953. The molecule has 134 valence electrons. The van der Waals surface area contributed by atoms with E-state index in [1.54, 1.807) is 12.1 Å². The molecule has 1 aliphatic heterocycles. The van der Waals surface area contributed by atoms with E-state index >= 15 is 0 Å². The van der Waals surface area contributed by atoms with Crippen LogP contribution in [0.2, 0.25) is 10.0 Å². The van der Waals surface area contributed by atoms with Gasteiger partial charge in [0, 0.05) is 29.1 Å². The summed E-state index contributed by atoms with van der Waals surface area (Å²) in [4.78, 5) is 11.9. The molecule has 0 N–H and O–H groups in total. The second-order valence-corrected chi connectivity index (χ2v) is 7.52. The Morgan fingerprint density at radius 2 is 1.73 bits per heavy atom. The smallest absolute Gasteiger partial charge is 0.163 e. The highest BCUT2D eigenvalue weighted by molar-refractivity contribution is 6.36. The van der Waals surface area contributed by atoms with E-state index in [1.165, 1.54) is 0 Å². The Labute approximate surface area is 162 Å². The van der Waals surface area contributed by atoms with Crippen LogP contribution in [-0.4, -0.2) is 35.3 Å². The van der Waals surface area contributed by atoms with E-state index in [0.717, 1.165) is 35.4 Å². The maximum Gasteiger partial charge on any atom is 0.163 e. The van der Waals surface area contributed by atoms with Crippen LogP contribution in [0, 0.1) is 0 Å². The Kier molecular flexibility index (Phi) is 4.74. The zero-order valence-corrected chi connectivity index (χ0v) is 16.1. The van der Waals surface area contributed by atoms with Crippen molar-refractivity contribution < 1.29 is 4.74 Å². The average Bonchev–Trinajstić information content (AvgIpc) is 2.60. The summed E-state index contributed by atoms with van der Waals surface area (Å²) < 4.78 is 5.88. The van der Waals surface area contributed by atoms with Crippen molar-refractivity contribution in [3.05, 3.63) is 52.5 Å². The molecule has 2 aromatic carbocycles. The Morgan fingerprint density at radius 1 is 1.00 bits per heavy atom. The predicted octanol–water partition coefficient (Wildman–Crippen LogP) is 5.22. The quantitative estimate of drug-likeness (QED) is 0.604. The van der Waals surface area contributed by atoms with Crippen LogP contribution in [0.25, 0.3) is 22.3 Å². The SMILES string of the molecule is C[C@@H]1CN(c2nc(-c3ccc(Cl)cc3Cl)nc3ccccc23)C[C@H](C)O1. The monoisotopic (exact) mass is 387 g/mol. The Hall–Kier alpha value is -1.88. The summed E-state index contributed by atoms with van der Waals surface area (Å²) in [6.07, 6.45) is 0.296. The molecule has 0 spiro atoms. The van der Waals surface area contributed by atoms with Crippen molar-refractivity contribution in [1.82, 2.24) is 9.97 Å². The topological polar surface area (TPSA) is 38.2 Å². The summed E-state index contributed by atoms with van der Waals surface area (Å²) in [5.41, 5.74) is 1.67. The molecule has 3 aromatic rings. The summed E-state index contributed by atoms with van der Waals surface area (Å²) in [6.45, 7) is 5.75. The molecule has 1 aliphatic rings. The van der Waals surface area contributed by atoms with Crippen molar-refractivity contribution in [3.8, 4) is 11.4 Å². The van der Waals surface area contributed by atoms with Gasteiger partial charge < -0.3 is 9.64 Å². The second-order valence-electron chi connectivity index (χ2n) is 6.67. The first kappa shape index (κ1) is 17.5. The maximum absolute atomic E-state index is 6.40. The summed E-state index contributed by atoms with van der Waals surface area (Å²) in [7, 11) is 0. The van der Waals surface area contributed by atoms with E-state index in [2.05, 4.69) is 24.8 Å². The summed E-state index contributed by atoms with van der Waals surface area (Å²) in [6, 6.07) is 13.4. The van der Waals surface area contributed by atoms with E-state index in [1.807, 2.05) is 24.3 Å². The van der Waals surface area contributed by atoms with Gasteiger partial charge in [0.15, 0.2) is 5.82 Å². The van der Waals surface area contributed by atoms with Crippen molar-refractivity contribution in [1.29, 1.82) is 0 Å². The molecule has 4 rings (SSSR count). The van der Waals surface area contributed by atoms with Crippen LogP contribution in [0.4, 0.5) is 5.82 Å². The number of aromatic nitrogens is 2. The second kappa shape index (κ2) is 7.03. The molecule has 1 aromatic heterocycles. The van der Waals surface area contributed by atoms with Crippen molar-refractivity contribution in [2.24, 2.45) is 0 Å². The predicted molar refractivity (Wildman–Crippen MR) is 107 cm³/mol. The number of para-hydroxylation sites is 1. The van der Waals surface area contributed by atoms with Crippen LogP contribution in [0.1, 0.15) is 13.8 Å². The number of ether oxygens (including phenoxy) is 1. The number of benzene rings is 2. The standard InChI is InChI=1S/C20H19Cl2N3O/c1-12-10-25(11-13(2)26-12)20-16-5-3-4-6-18(16)23-19(24-20)15-8-7-14(21)9-17(15)22/h3-9,12-13H,10-11H2,1-2H3/t12-,13+. The molecule has 0 unspecified atom stereocenters. The minimum Gasteiger partial charge on any atom is -0.372 e. The number of halogens is 2. The third kappa shape index (κ3) is 3.37. The van der Waals surface area contributed by atoms with Crippen molar-refractivity contribution in [3.63, 3.8) is 0 Å². The van der Waals surface area contributed by atoms with Crippen LogP contribution < -0.4 is 4.90 Å². The van der Waals surface area contributed by atoms with Gasteiger partial charge in [0.2, 0.25) is 0 Å². The maximum atomic E-state index is 6.40. The molecule has 0 amide bonds. The molecule has 2 atom stereocenters. The number of hydrogen-bond donors (Lipinski definition) is 0. The molecule has 1 fully saturated rings. The molecule has 0 saturated carbocycles. The molecule has 26 heavy (non-hydrogen) atoms. The van der Waals surface area contributed by atoms with Gasteiger partial charge in [0.1, 0.15) is 5.82 Å². The minimum atomic E-state index is 0.148. The van der Waals surface area contributed by atoms with Crippen LogP contribution in [0.3, 0.4) is 0 Å². The van der Waals surface area contributed by atoms with E-state index in [0.29, 0.717) is 15.9 Å². The molecule has 0 radical (unpaired) electrons. The van der Waals surface area contributed by atoms with Gasteiger partial charge >= 0.3 is 0 Å².